The van der Waals surface area contributed by atoms with Crippen LogP contribution >= 0.6 is 0 Å². The first-order valence-corrected chi connectivity index (χ1v) is 11.4. The molecule has 1 aromatic rings. The first-order valence-electron chi connectivity index (χ1n) is 11.4. The average Bonchev–Trinajstić information content (AvgIpc) is 2.74. The lowest BCUT2D eigenvalue weighted by atomic mass is 9.69. The number of hydrogen-bond acceptors (Lipinski definition) is 3. The molecule has 0 spiro atoms. The van der Waals surface area contributed by atoms with Gasteiger partial charge in [-0.15, -0.1) is 0 Å². The van der Waals surface area contributed by atoms with Crippen molar-refractivity contribution < 1.29 is 23.0 Å². The van der Waals surface area contributed by atoms with Gasteiger partial charge in [0.1, 0.15) is 0 Å². The summed E-state index contributed by atoms with van der Waals surface area (Å²) in [5.41, 5.74) is 0. The Morgan fingerprint density at radius 1 is 0.897 bits per heavy atom. The number of hydrogen-bond donors (Lipinski definition) is 0. The van der Waals surface area contributed by atoms with Crippen LogP contribution in [-0.2, 0) is 4.79 Å². The lowest BCUT2D eigenvalue weighted by Crippen LogP contribution is -2.30. The van der Waals surface area contributed by atoms with Crippen molar-refractivity contribution in [3.8, 4) is 11.5 Å². The number of esters is 1. The molecule has 0 radical (unpaired) electrons. The summed E-state index contributed by atoms with van der Waals surface area (Å²) >= 11 is 0. The molecule has 3 nitrogen and oxygen atoms in total. The van der Waals surface area contributed by atoms with E-state index in [1.165, 1.54) is 50.7 Å². The SMILES string of the molecule is CCCC1CCC(C2CCC(C(=O)Oc3ccc(OCC)c(F)c3F)CC2)CC1. The second-order valence-electron chi connectivity index (χ2n) is 8.73. The number of carbonyl (C=O) groups excluding carboxylic acids is 1. The fraction of sp³-hybridized carbons (Fsp3) is 0.708. The summed E-state index contributed by atoms with van der Waals surface area (Å²) in [5.74, 6) is -1.08. The van der Waals surface area contributed by atoms with Gasteiger partial charge in [-0.25, -0.2) is 0 Å². The quantitative estimate of drug-likeness (QED) is 0.373. The van der Waals surface area contributed by atoms with Gasteiger partial charge in [0.2, 0.25) is 11.6 Å². The first-order chi connectivity index (χ1) is 14.0. The predicted molar refractivity (Wildman–Crippen MR) is 109 cm³/mol. The Kier molecular flexibility index (Phi) is 7.91. The Morgan fingerprint density at radius 2 is 1.45 bits per heavy atom. The van der Waals surface area contributed by atoms with Gasteiger partial charge in [-0.05, 0) is 75.3 Å². The van der Waals surface area contributed by atoms with E-state index >= 15 is 0 Å². The van der Waals surface area contributed by atoms with E-state index in [2.05, 4.69) is 6.92 Å². The summed E-state index contributed by atoms with van der Waals surface area (Å²) < 4.78 is 38.4. The van der Waals surface area contributed by atoms with Crippen LogP contribution in [0, 0.1) is 35.3 Å². The van der Waals surface area contributed by atoms with E-state index in [1.807, 2.05) is 0 Å². The molecule has 2 fully saturated rings. The van der Waals surface area contributed by atoms with Gasteiger partial charge in [0.05, 0.1) is 12.5 Å². The van der Waals surface area contributed by atoms with Crippen molar-refractivity contribution in [3.63, 3.8) is 0 Å². The molecule has 2 aliphatic carbocycles. The minimum atomic E-state index is -1.16. The maximum Gasteiger partial charge on any atom is 0.314 e. The van der Waals surface area contributed by atoms with Crippen LogP contribution in [0.2, 0.25) is 0 Å². The first kappa shape index (κ1) is 22.0. The molecule has 0 bridgehead atoms. The van der Waals surface area contributed by atoms with Gasteiger partial charge in [-0.1, -0.05) is 32.6 Å². The van der Waals surface area contributed by atoms with E-state index in [9.17, 15) is 13.6 Å². The van der Waals surface area contributed by atoms with Crippen LogP contribution in [0.5, 0.6) is 11.5 Å². The number of halogens is 2. The molecule has 29 heavy (non-hydrogen) atoms. The largest absolute Gasteiger partial charge is 0.491 e. The maximum atomic E-state index is 14.2. The van der Waals surface area contributed by atoms with Crippen LogP contribution in [0.15, 0.2) is 12.1 Å². The normalized spacial score (nSPS) is 27.4. The lowest BCUT2D eigenvalue weighted by molar-refractivity contribution is -0.140. The molecule has 1 aromatic carbocycles. The van der Waals surface area contributed by atoms with Crippen LogP contribution < -0.4 is 9.47 Å². The monoisotopic (exact) mass is 408 g/mol. The van der Waals surface area contributed by atoms with Crippen molar-refractivity contribution in [1.82, 2.24) is 0 Å². The molecule has 0 N–H and O–H groups in total. The Bertz CT molecular complexity index is 675. The van der Waals surface area contributed by atoms with Gasteiger partial charge in [0.15, 0.2) is 11.5 Å². The van der Waals surface area contributed by atoms with E-state index in [1.54, 1.807) is 6.92 Å². The highest BCUT2D eigenvalue weighted by atomic mass is 19.2. The van der Waals surface area contributed by atoms with Gasteiger partial charge < -0.3 is 9.47 Å². The molecule has 2 saturated carbocycles. The molecular weight excluding hydrogens is 374 g/mol. The Morgan fingerprint density at radius 3 is 2.03 bits per heavy atom. The third-order valence-electron chi connectivity index (χ3n) is 6.88. The van der Waals surface area contributed by atoms with Crippen molar-refractivity contribution in [2.24, 2.45) is 23.7 Å². The van der Waals surface area contributed by atoms with E-state index in [0.29, 0.717) is 5.92 Å². The van der Waals surface area contributed by atoms with Gasteiger partial charge in [-0.3, -0.25) is 4.79 Å². The van der Waals surface area contributed by atoms with Crippen LogP contribution in [0.25, 0.3) is 0 Å². The molecule has 5 heteroatoms. The molecule has 0 unspecified atom stereocenters. The zero-order valence-electron chi connectivity index (χ0n) is 17.7. The Hall–Kier alpha value is -1.65. The summed E-state index contributed by atoms with van der Waals surface area (Å²) in [6, 6.07) is 2.57. The highest BCUT2D eigenvalue weighted by Crippen LogP contribution is 2.42. The predicted octanol–water partition coefficient (Wildman–Crippen LogP) is 6.68. The number of benzene rings is 1. The van der Waals surface area contributed by atoms with Crippen molar-refractivity contribution in [1.29, 1.82) is 0 Å². The molecule has 0 heterocycles. The highest BCUT2D eigenvalue weighted by molar-refractivity contribution is 5.75. The van der Waals surface area contributed by atoms with Gasteiger partial charge in [0, 0.05) is 0 Å². The Labute approximate surface area is 173 Å². The Balaban J connectivity index is 1.49. The topological polar surface area (TPSA) is 35.5 Å². The van der Waals surface area contributed by atoms with E-state index < -0.39 is 17.6 Å². The van der Waals surface area contributed by atoms with E-state index in [0.717, 1.165) is 37.5 Å². The van der Waals surface area contributed by atoms with Crippen molar-refractivity contribution in [3.05, 3.63) is 23.8 Å². The summed E-state index contributed by atoms with van der Waals surface area (Å²) in [4.78, 5) is 12.5. The lowest BCUT2D eigenvalue weighted by Gasteiger charge is -2.37. The van der Waals surface area contributed by atoms with Crippen molar-refractivity contribution >= 4 is 5.97 Å². The van der Waals surface area contributed by atoms with Gasteiger partial charge in [0.25, 0.3) is 0 Å². The molecule has 2 aliphatic rings. The zero-order valence-corrected chi connectivity index (χ0v) is 17.7. The van der Waals surface area contributed by atoms with E-state index in [4.69, 9.17) is 9.47 Å². The maximum absolute atomic E-state index is 14.2. The smallest absolute Gasteiger partial charge is 0.314 e. The number of ether oxygens (including phenoxy) is 2. The second-order valence-corrected chi connectivity index (χ2v) is 8.73. The van der Waals surface area contributed by atoms with Gasteiger partial charge >= 0.3 is 5.97 Å². The standard InChI is InChI=1S/C24H34F2O3/c1-3-5-16-6-8-17(9-7-16)18-10-12-19(13-11-18)24(27)29-21-15-14-20(28-4-2)22(25)23(21)26/h14-19H,3-13H2,1-2H3. The number of carbonyl (C=O) groups is 1. The highest BCUT2D eigenvalue weighted by Gasteiger charge is 2.34. The number of rotatable bonds is 7. The molecule has 3 rings (SSSR count). The molecule has 0 amide bonds. The van der Waals surface area contributed by atoms with Crippen LogP contribution in [0.1, 0.15) is 78.1 Å². The molecule has 0 aliphatic heterocycles. The van der Waals surface area contributed by atoms with Crippen molar-refractivity contribution in [2.75, 3.05) is 6.61 Å². The molecule has 162 valence electrons. The van der Waals surface area contributed by atoms with Gasteiger partial charge in [-0.2, -0.15) is 8.78 Å². The van der Waals surface area contributed by atoms with Crippen LogP contribution in [0.3, 0.4) is 0 Å². The second kappa shape index (κ2) is 10.4. The van der Waals surface area contributed by atoms with Crippen LogP contribution in [-0.4, -0.2) is 12.6 Å². The summed E-state index contributed by atoms with van der Waals surface area (Å²) in [5, 5.41) is 0. The minimum absolute atomic E-state index is 0.168. The molecule has 0 atom stereocenters. The zero-order chi connectivity index (χ0) is 20.8. The minimum Gasteiger partial charge on any atom is -0.491 e. The third kappa shape index (κ3) is 5.49. The molecule has 0 saturated heterocycles. The van der Waals surface area contributed by atoms with Crippen molar-refractivity contribution in [2.45, 2.75) is 78.1 Å². The van der Waals surface area contributed by atoms with E-state index in [-0.39, 0.29) is 24.0 Å². The fourth-order valence-electron chi connectivity index (χ4n) is 5.23. The fourth-order valence-corrected chi connectivity index (χ4v) is 5.23. The third-order valence-corrected chi connectivity index (χ3v) is 6.88. The summed E-state index contributed by atoms with van der Waals surface area (Å²) in [6.45, 7) is 4.19. The molecule has 0 aromatic heterocycles. The summed E-state index contributed by atoms with van der Waals surface area (Å²) in [7, 11) is 0. The molecular formula is C24H34F2O3. The average molecular weight is 409 g/mol. The summed E-state index contributed by atoms with van der Waals surface area (Å²) in [6.07, 6.45) is 11.6. The van der Waals surface area contributed by atoms with Crippen LogP contribution in [0.4, 0.5) is 8.78 Å².